The summed E-state index contributed by atoms with van der Waals surface area (Å²) in [5.41, 5.74) is 0. The van der Waals surface area contributed by atoms with Crippen molar-refractivity contribution in [3.05, 3.63) is 0 Å². The highest BCUT2D eigenvalue weighted by Crippen LogP contribution is 2.19. The summed E-state index contributed by atoms with van der Waals surface area (Å²) in [6, 6.07) is -0.0844. The van der Waals surface area contributed by atoms with Crippen molar-refractivity contribution in [1.29, 1.82) is 0 Å². The molecule has 2 amide bonds. The summed E-state index contributed by atoms with van der Waals surface area (Å²) >= 11 is 0. The summed E-state index contributed by atoms with van der Waals surface area (Å²) in [4.78, 5) is 27.4. The van der Waals surface area contributed by atoms with Crippen LogP contribution >= 0.6 is 0 Å². The molecule has 0 aromatic rings. The molecule has 0 bridgehead atoms. The highest BCUT2D eigenvalue weighted by Gasteiger charge is 2.29. The lowest BCUT2D eigenvalue weighted by Gasteiger charge is -2.35. The summed E-state index contributed by atoms with van der Waals surface area (Å²) in [6.45, 7) is 4.22. The third-order valence-corrected chi connectivity index (χ3v) is 4.71. The van der Waals surface area contributed by atoms with Gasteiger partial charge in [0, 0.05) is 32.2 Å². The fraction of sp³-hybridized carbons (Fsp3) is 0.875. The fourth-order valence-corrected chi connectivity index (χ4v) is 3.30. The zero-order valence-corrected chi connectivity index (χ0v) is 14.2. The molecule has 0 aromatic heterocycles. The first-order valence-corrected chi connectivity index (χ1v) is 8.72. The highest BCUT2D eigenvalue weighted by atomic mass is 19.3. The number of amides is 2. The molecule has 2 aliphatic heterocycles. The maximum atomic E-state index is 12.4. The third-order valence-electron chi connectivity index (χ3n) is 4.71. The SMILES string of the molecule is CCOC(=O)C1CCN(C(=O)NC2CCN(CC(F)F)CC2)CC1. The van der Waals surface area contributed by atoms with Crippen LogP contribution in [0, 0.1) is 5.92 Å². The monoisotopic (exact) mass is 347 g/mol. The van der Waals surface area contributed by atoms with Crippen LogP contribution in [-0.2, 0) is 9.53 Å². The number of piperidine rings is 2. The quantitative estimate of drug-likeness (QED) is 0.769. The van der Waals surface area contributed by atoms with Crippen molar-refractivity contribution in [3.8, 4) is 0 Å². The Labute approximate surface area is 141 Å². The van der Waals surface area contributed by atoms with E-state index in [4.69, 9.17) is 4.74 Å². The van der Waals surface area contributed by atoms with Crippen LogP contribution in [-0.4, -0.2) is 73.6 Å². The second-order valence-corrected chi connectivity index (χ2v) is 6.43. The molecule has 2 rings (SSSR count). The molecule has 24 heavy (non-hydrogen) atoms. The van der Waals surface area contributed by atoms with Crippen LogP contribution in [0.15, 0.2) is 0 Å². The van der Waals surface area contributed by atoms with Crippen LogP contribution in [0.4, 0.5) is 13.6 Å². The lowest BCUT2D eigenvalue weighted by Crippen LogP contribution is -2.51. The number of urea groups is 1. The van der Waals surface area contributed by atoms with Crippen molar-refractivity contribution in [2.45, 2.75) is 45.1 Å². The Morgan fingerprint density at radius 1 is 1.12 bits per heavy atom. The molecule has 2 aliphatic rings. The Hall–Kier alpha value is -1.44. The number of nitrogens with one attached hydrogen (secondary N) is 1. The van der Waals surface area contributed by atoms with E-state index in [9.17, 15) is 18.4 Å². The Morgan fingerprint density at radius 2 is 1.75 bits per heavy atom. The number of carbonyl (C=O) groups is 2. The lowest BCUT2D eigenvalue weighted by atomic mass is 9.97. The van der Waals surface area contributed by atoms with Gasteiger partial charge in [0.15, 0.2) is 0 Å². The topological polar surface area (TPSA) is 61.9 Å². The molecule has 138 valence electrons. The summed E-state index contributed by atoms with van der Waals surface area (Å²) in [7, 11) is 0. The van der Waals surface area contributed by atoms with Crippen molar-refractivity contribution in [2.75, 3.05) is 39.3 Å². The first kappa shape index (κ1) is 18.9. The maximum absolute atomic E-state index is 12.4. The summed E-state index contributed by atoms with van der Waals surface area (Å²) in [5.74, 6) is -0.296. The van der Waals surface area contributed by atoms with Gasteiger partial charge in [-0.1, -0.05) is 0 Å². The average molecular weight is 347 g/mol. The smallest absolute Gasteiger partial charge is 0.317 e. The van der Waals surface area contributed by atoms with E-state index >= 15 is 0 Å². The molecule has 0 atom stereocenters. The van der Waals surface area contributed by atoms with Crippen molar-refractivity contribution >= 4 is 12.0 Å². The molecule has 2 saturated heterocycles. The van der Waals surface area contributed by atoms with Gasteiger partial charge < -0.3 is 15.0 Å². The second kappa shape index (κ2) is 9.15. The Morgan fingerprint density at radius 3 is 2.29 bits per heavy atom. The molecule has 8 heteroatoms. The minimum Gasteiger partial charge on any atom is -0.466 e. The molecule has 0 radical (unpaired) electrons. The van der Waals surface area contributed by atoms with Gasteiger partial charge in [0.2, 0.25) is 0 Å². The highest BCUT2D eigenvalue weighted by molar-refractivity contribution is 5.76. The van der Waals surface area contributed by atoms with Crippen molar-refractivity contribution in [2.24, 2.45) is 5.92 Å². The van der Waals surface area contributed by atoms with Crippen LogP contribution < -0.4 is 5.32 Å². The summed E-state index contributed by atoms with van der Waals surface area (Å²) in [6.07, 6.45) is 0.324. The number of hydrogen-bond acceptors (Lipinski definition) is 4. The minimum atomic E-state index is -2.31. The van der Waals surface area contributed by atoms with Gasteiger partial charge >= 0.3 is 12.0 Å². The van der Waals surface area contributed by atoms with Gasteiger partial charge in [-0.05, 0) is 32.6 Å². The van der Waals surface area contributed by atoms with Crippen LogP contribution in [0.25, 0.3) is 0 Å². The van der Waals surface area contributed by atoms with Gasteiger partial charge in [0.25, 0.3) is 6.43 Å². The molecular formula is C16H27F2N3O3. The zero-order chi connectivity index (χ0) is 17.5. The van der Waals surface area contributed by atoms with E-state index in [1.807, 2.05) is 0 Å². The molecule has 0 saturated carbocycles. The number of rotatable bonds is 5. The molecule has 6 nitrogen and oxygen atoms in total. The number of esters is 1. The Kier molecular flexibility index (Phi) is 7.20. The van der Waals surface area contributed by atoms with Crippen molar-refractivity contribution in [3.63, 3.8) is 0 Å². The first-order chi connectivity index (χ1) is 11.5. The number of halogens is 2. The van der Waals surface area contributed by atoms with Gasteiger partial charge in [-0.3, -0.25) is 9.69 Å². The van der Waals surface area contributed by atoms with E-state index < -0.39 is 6.43 Å². The van der Waals surface area contributed by atoms with Crippen LogP contribution in [0.5, 0.6) is 0 Å². The normalized spacial score (nSPS) is 21.1. The largest absolute Gasteiger partial charge is 0.466 e. The zero-order valence-electron chi connectivity index (χ0n) is 14.2. The Balaban J connectivity index is 1.68. The average Bonchev–Trinajstić information content (AvgIpc) is 2.56. The van der Waals surface area contributed by atoms with Gasteiger partial charge in [-0.15, -0.1) is 0 Å². The molecular weight excluding hydrogens is 320 g/mol. The van der Waals surface area contributed by atoms with Gasteiger partial charge in [-0.2, -0.15) is 0 Å². The molecule has 0 unspecified atom stereocenters. The van der Waals surface area contributed by atoms with Crippen molar-refractivity contribution in [1.82, 2.24) is 15.1 Å². The third kappa shape index (κ3) is 5.58. The number of carbonyl (C=O) groups excluding carboxylic acids is 2. The maximum Gasteiger partial charge on any atom is 0.317 e. The summed E-state index contributed by atoms with van der Waals surface area (Å²) < 4.78 is 29.7. The van der Waals surface area contributed by atoms with E-state index in [2.05, 4.69) is 5.32 Å². The predicted molar refractivity (Wildman–Crippen MR) is 84.9 cm³/mol. The molecule has 2 fully saturated rings. The fourth-order valence-electron chi connectivity index (χ4n) is 3.30. The van der Waals surface area contributed by atoms with Crippen LogP contribution in [0.3, 0.4) is 0 Å². The molecule has 0 spiro atoms. The summed E-state index contributed by atoms with van der Waals surface area (Å²) in [5, 5.41) is 2.99. The number of hydrogen-bond donors (Lipinski definition) is 1. The number of nitrogens with zero attached hydrogens (tertiary/aromatic N) is 2. The molecule has 2 heterocycles. The van der Waals surface area contributed by atoms with Gasteiger partial charge in [-0.25, -0.2) is 13.6 Å². The van der Waals surface area contributed by atoms with Crippen molar-refractivity contribution < 1.29 is 23.1 Å². The standard InChI is InChI=1S/C16H27F2N3O3/c1-2-24-15(22)12-3-9-21(10-4-12)16(23)19-13-5-7-20(8-6-13)11-14(17)18/h12-14H,2-11H2,1H3,(H,19,23). The number of ether oxygens (including phenoxy) is 1. The van der Waals surface area contributed by atoms with E-state index in [1.165, 1.54) is 0 Å². The predicted octanol–water partition coefficient (Wildman–Crippen LogP) is 1.70. The molecule has 1 N–H and O–H groups in total. The van der Waals surface area contributed by atoms with Crippen LogP contribution in [0.1, 0.15) is 32.6 Å². The number of alkyl halides is 2. The Bertz CT molecular complexity index is 421. The van der Waals surface area contributed by atoms with E-state index in [-0.39, 0.29) is 30.5 Å². The van der Waals surface area contributed by atoms with Crippen LogP contribution in [0.2, 0.25) is 0 Å². The lowest BCUT2D eigenvalue weighted by molar-refractivity contribution is -0.149. The molecule has 0 aromatic carbocycles. The number of likely N-dealkylation sites (tertiary alicyclic amines) is 2. The minimum absolute atomic E-state index is 0.0363. The van der Waals surface area contributed by atoms with Gasteiger partial charge in [0.1, 0.15) is 0 Å². The molecule has 0 aliphatic carbocycles. The first-order valence-electron chi connectivity index (χ1n) is 8.72. The second-order valence-electron chi connectivity index (χ2n) is 6.43. The van der Waals surface area contributed by atoms with E-state index in [0.717, 1.165) is 0 Å². The van der Waals surface area contributed by atoms with E-state index in [1.54, 1.807) is 16.7 Å². The van der Waals surface area contributed by atoms with Gasteiger partial charge in [0.05, 0.1) is 19.1 Å². The van der Waals surface area contributed by atoms with E-state index in [0.29, 0.717) is 58.5 Å².